The Balaban J connectivity index is 1.83. The summed E-state index contributed by atoms with van der Waals surface area (Å²) in [4.78, 5) is 66.7. The van der Waals surface area contributed by atoms with Gasteiger partial charge < -0.3 is 26.2 Å². The highest BCUT2D eigenvalue weighted by Gasteiger charge is 2.70. The lowest BCUT2D eigenvalue weighted by molar-refractivity contribution is -0.145. The fourth-order valence-corrected chi connectivity index (χ4v) is 5.59. The number of urea groups is 1. The third kappa shape index (κ3) is 6.44. The number of carbonyl (C=O) groups is 5. The normalized spacial score (nSPS) is 25.9. The Morgan fingerprint density at radius 1 is 0.973 bits per heavy atom. The molecule has 0 bridgehead atoms. The molecule has 0 spiro atoms. The van der Waals surface area contributed by atoms with Gasteiger partial charge >= 0.3 is 6.03 Å². The Morgan fingerprint density at radius 3 is 2.05 bits per heavy atom. The highest BCUT2D eigenvalue weighted by atomic mass is 16.2. The molecule has 1 saturated heterocycles. The molecule has 5 atom stereocenters. The number of amides is 5. The van der Waals surface area contributed by atoms with Crippen LogP contribution in [-0.2, 0) is 19.2 Å². The van der Waals surface area contributed by atoms with Crippen LogP contribution < -0.4 is 21.3 Å². The lowest BCUT2D eigenvalue weighted by atomic mass is 9.85. The molecular weight excluding hydrogens is 474 g/mol. The molecule has 2 saturated carbocycles. The van der Waals surface area contributed by atoms with Crippen LogP contribution in [0.3, 0.4) is 0 Å². The second-order valence-corrected chi connectivity index (χ2v) is 13.7. The molecule has 3 rings (SSSR count). The van der Waals surface area contributed by atoms with Gasteiger partial charge in [-0.1, -0.05) is 47.5 Å². The molecule has 37 heavy (non-hydrogen) atoms. The van der Waals surface area contributed by atoms with Crippen LogP contribution in [0.2, 0.25) is 0 Å². The van der Waals surface area contributed by atoms with Gasteiger partial charge in [-0.3, -0.25) is 19.2 Å². The first-order chi connectivity index (χ1) is 16.9. The van der Waals surface area contributed by atoms with Crippen LogP contribution in [0.15, 0.2) is 0 Å². The first kappa shape index (κ1) is 28.9. The number of rotatable bonds is 8. The monoisotopic (exact) mass is 519 g/mol. The van der Waals surface area contributed by atoms with E-state index in [0.29, 0.717) is 18.9 Å². The number of Topliss-reactive ketones (excluding diaryl/α,β-unsaturated/α-hetero) is 1. The zero-order valence-electron chi connectivity index (χ0n) is 23.8. The largest absolute Gasteiger partial charge is 0.353 e. The second kappa shape index (κ2) is 9.91. The maximum absolute atomic E-state index is 13.9. The van der Waals surface area contributed by atoms with Crippen molar-refractivity contribution in [3.8, 4) is 0 Å². The average Bonchev–Trinajstić information content (AvgIpc) is 3.60. The molecule has 4 N–H and O–H groups in total. The highest BCUT2D eigenvalue weighted by molar-refractivity contribution is 6.38. The minimum Gasteiger partial charge on any atom is -0.353 e. The Hall–Kier alpha value is -2.65. The van der Waals surface area contributed by atoms with Crippen LogP contribution in [0, 0.1) is 28.6 Å². The van der Waals surface area contributed by atoms with E-state index >= 15 is 0 Å². The number of hydrogen-bond donors (Lipinski definition) is 4. The summed E-state index contributed by atoms with van der Waals surface area (Å²) in [7, 11) is 1.39. The van der Waals surface area contributed by atoms with E-state index in [0.717, 1.165) is 12.8 Å². The number of ketones is 1. The van der Waals surface area contributed by atoms with Crippen molar-refractivity contribution in [1.82, 2.24) is 26.2 Å². The van der Waals surface area contributed by atoms with Crippen molar-refractivity contribution in [3.05, 3.63) is 0 Å². The van der Waals surface area contributed by atoms with Crippen molar-refractivity contribution in [2.24, 2.45) is 28.6 Å². The van der Waals surface area contributed by atoms with Crippen molar-refractivity contribution >= 4 is 29.5 Å². The van der Waals surface area contributed by atoms with Gasteiger partial charge in [-0.05, 0) is 55.8 Å². The highest BCUT2D eigenvalue weighted by Crippen LogP contribution is 2.65. The lowest BCUT2D eigenvalue weighted by Crippen LogP contribution is -2.62. The SMILES string of the molecule is CNC(=O)C(=O)C(CC1CC1)NC(=O)[C@@H]1C2C(CN1C(=O)[C@@H](NC(=O)NC(C)(C)C)C(C)(C)C)C2(C)C. The van der Waals surface area contributed by atoms with Crippen molar-refractivity contribution in [2.75, 3.05) is 13.6 Å². The predicted molar refractivity (Wildman–Crippen MR) is 139 cm³/mol. The van der Waals surface area contributed by atoms with Crippen LogP contribution >= 0.6 is 0 Å². The van der Waals surface area contributed by atoms with E-state index in [1.54, 1.807) is 4.90 Å². The van der Waals surface area contributed by atoms with Gasteiger partial charge in [0.15, 0.2) is 0 Å². The lowest BCUT2D eigenvalue weighted by Gasteiger charge is -2.38. The van der Waals surface area contributed by atoms with E-state index in [4.69, 9.17) is 0 Å². The minimum atomic E-state index is -0.924. The minimum absolute atomic E-state index is 0.0582. The molecule has 3 unspecified atom stereocenters. The Kier molecular flexibility index (Phi) is 7.74. The van der Waals surface area contributed by atoms with Crippen LogP contribution in [0.5, 0.6) is 0 Å². The fourth-order valence-electron chi connectivity index (χ4n) is 5.59. The predicted octanol–water partition coefficient (Wildman–Crippen LogP) is 1.58. The molecule has 3 fully saturated rings. The third-order valence-corrected chi connectivity index (χ3v) is 7.99. The summed E-state index contributed by atoms with van der Waals surface area (Å²) in [6.07, 6.45) is 2.35. The first-order valence-electron chi connectivity index (χ1n) is 13.3. The van der Waals surface area contributed by atoms with E-state index < -0.39 is 52.7 Å². The van der Waals surface area contributed by atoms with Gasteiger partial charge in [0, 0.05) is 19.1 Å². The summed E-state index contributed by atoms with van der Waals surface area (Å²) in [6.45, 7) is 15.7. The molecule has 208 valence electrons. The van der Waals surface area contributed by atoms with E-state index in [-0.39, 0.29) is 23.2 Å². The summed E-state index contributed by atoms with van der Waals surface area (Å²) >= 11 is 0. The van der Waals surface area contributed by atoms with Crippen molar-refractivity contribution < 1.29 is 24.0 Å². The molecule has 0 aromatic heterocycles. The van der Waals surface area contributed by atoms with E-state index in [2.05, 4.69) is 35.1 Å². The zero-order chi connectivity index (χ0) is 28.1. The Morgan fingerprint density at radius 2 is 1.57 bits per heavy atom. The van der Waals surface area contributed by atoms with E-state index in [9.17, 15) is 24.0 Å². The first-order valence-corrected chi connectivity index (χ1v) is 13.3. The molecule has 1 aliphatic heterocycles. The number of piperidine rings is 1. The maximum Gasteiger partial charge on any atom is 0.315 e. The van der Waals surface area contributed by atoms with Crippen molar-refractivity contribution in [2.45, 2.75) is 98.3 Å². The Bertz CT molecular complexity index is 959. The molecule has 3 aliphatic rings. The molecule has 5 amide bonds. The standard InChI is InChI=1S/C27H45N5O5/c1-25(2,3)20(30-24(37)31-26(4,5)6)23(36)32-13-15-17(27(15,7)8)18(32)21(34)29-16(12-14-10-11-14)19(33)22(35)28-9/h14-18,20H,10-13H2,1-9H3,(H,28,35)(H,29,34)(H2,30,31,37)/t15?,16?,17?,18-,20+/m0/s1. The molecule has 10 nitrogen and oxygen atoms in total. The van der Waals surface area contributed by atoms with Gasteiger partial charge in [-0.15, -0.1) is 0 Å². The van der Waals surface area contributed by atoms with Gasteiger partial charge in [-0.25, -0.2) is 4.79 Å². The second-order valence-electron chi connectivity index (χ2n) is 13.7. The fraction of sp³-hybridized carbons (Fsp3) is 0.815. The number of carbonyl (C=O) groups excluding carboxylic acids is 5. The van der Waals surface area contributed by atoms with Crippen LogP contribution in [0.25, 0.3) is 0 Å². The molecule has 10 heteroatoms. The molecule has 0 radical (unpaired) electrons. The number of likely N-dealkylation sites (tertiary alicyclic amines) is 1. The number of likely N-dealkylation sites (N-methyl/N-ethyl adjacent to an activating group) is 1. The van der Waals surface area contributed by atoms with Gasteiger partial charge in [0.2, 0.25) is 17.6 Å². The van der Waals surface area contributed by atoms with E-state index in [1.807, 2.05) is 41.5 Å². The third-order valence-electron chi connectivity index (χ3n) is 7.99. The molecule has 1 heterocycles. The average molecular weight is 520 g/mol. The number of hydrogen-bond acceptors (Lipinski definition) is 5. The molecule has 2 aliphatic carbocycles. The van der Waals surface area contributed by atoms with Gasteiger partial charge in [0.1, 0.15) is 12.1 Å². The van der Waals surface area contributed by atoms with Gasteiger partial charge in [-0.2, -0.15) is 0 Å². The van der Waals surface area contributed by atoms with Gasteiger partial charge in [0.05, 0.1) is 6.04 Å². The number of fused-ring (bicyclic) bond motifs is 1. The topological polar surface area (TPSA) is 137 Å². The number of nitrogens with zero attached hydrogens (tertiary/aromatic N) is 1. The summed E-state index contributed by atoms with van der Waals surface area (Å²) in [5.74, 6) is -1.75. The summed E-state index contributed by atoms with van der Waals surface area (Å²) < 4.78 is 0. The smallest absolute Gasteiger partial charge is 0.315 e. The van der Waals surface area contributed by atoms with E-state index in [1.165, 1.54) is 7.05 Å². The van der Waals surface area contributed by atoms with Crippen molar-refractivity contribution in [1.29, 1.82) is 0 Å². The molecular formula is C27H45N5O5. The Labute approximate surface area is 220 Å². The number of nitrogens with one attached hydrogen (secondary N) is 4. The van der Waals surface area contributed by atoms with Crippen LogP contribution in [0.4, 0.5) is 4.79 Å². The quantitative estimate of drug-likeness (QED) is 0.361. The maximum atomic E-state index is 13.9. The molecule has 0 aromatic rings. The summed E-state index contributed by atoms with van der Waals surface area (Å²) in [6, 6.07) is -3.01. The van der Waals surface area contributed by atoms with Crippen LogP contribution in [-0.4, -0.2) is 71.7 Å². The summed E-state index contributed by atoms with van der Waals surface area (Å²) in [5, 5.41) is 10.9. The van der Waals surface area contributed by atoms with Crippen LogP contribution in [0.1, 0.15) is 74.7 Å². The van der Waals surface area contributed by atoms with Gasteiger partial charge in [0.25, 0.3) is 5.91 Å². The summed E-state index contributed by atoms with van der Waals surface area (Å²) in [5.41, 5.74) is -1.21. The molecule has 0 aromatic carbocycles. The zero-order valence-corrected chi connectivity index (χ0v) is 23.8. The van der Waals surface area contributed by atoms with Crippen molar-refractivity contribution in [3.63, 3.8) is 0 Å².